The molecule has 7 heteroatoms. The lowest BCUT2D eigenvalue weighted by Crippen LogP contribution is -2.29. The summed E-state index contributed by atoms with van der Waals surface area (Å²) in [4.78, 5) is 21.8. The van der Waals surface area contributed by atoms with Gasteiger partial charge in [-0.2, -0.15) is 0 Å². The molecule has 1 aromatic rings. The van der Waals surface area contributed by atoms with Gasteiger partial charge in [-0.1, -0.05) is 6.92 Å². The number of nitro benzene ring substituents is 1. The van der Waals surface area contributed by atoms with Gasteiger partial charge in [0.2, 0.25) is 0 Å². The summed E-state index contributed by atoms with van der Waals surface area (Å²) in [5.74, 6) is -2.56. The van der Waals surface area contributed by atoms with Crippen LogP contribution in [0.4, 0.5) is 14.5 Å². The lowest BCUT2D eigenvalue weighted by atomic mass is 10.1. The monoisotopic (exact) mass is 284 g/mol. The van der Waals surface area contributed by atoms with Crippen LogP contribution in [0.25, 0.3) is 0 Å². The Bertz CT molecular complexity index is 559. The molecule has 0 spiro atoms. The number of hydrogen-bond acceptors (Lipinski definition) is 3. The van der Waals surface area contributed by atoms with Gasteiger partial charge < -0.3 is 5.32 Å². The molecule has 1 amide bonds. The van der Waals surface area contributed by atoms with Crippen LogP contribution < -0.4 is 5.32 Å². The molecule has 1 aliphatic carbocycles. The maximum Gasteiger partial charge on any atom is 0.285 e. The number of benzene rings is 1. The SMILES string of the molecule is CC(CNC(=O)c1cc(F)c(F)cc1[N+](=O)[O-])C1CC1. The molecule has 1 unspecified atom stereocenters. The van der Waals surface area contributed by atoms with Crippen molar-refractivity contribution in [1.29, 1.82) is 0 Å². The van der Waals surface area contributed by atoms with E-state index in [1.54, 1.807) is 0 Å². The van der Waals surface area contributed by atoms with Crippen LogP contribution in [0.15, 0.2) is 12.1 Å². The Morgan fingerprint density at radius 2 is 2.05 bits per heavy atom. The van der Waals surface area contributed by atoms with Crippen LogP contribution in [0.3, 0.4) is 0 Å². The summed E-state index contributed by atoms with van der Waals surface area (Å²) in [7, 11) is 0. The zero-order chi connectivity index (χ0) is 14.9. The summed E-state index contributed by atoms with van der Waals surface area (Å²) >= 11 is 0. The molecule has 1 N–H and O–H groups in total. The molecule has 108 valence electrons. The number of halogens is 2. The fourth-order valence-electron chi connectivity index (χ4n) is 2.05. The Labute approximate surface area is 114 Å². The number of nitrogens with one attached hydrogen (secondary N) is 1. The summed E-state index contributed by atoms with van der Waals surface area (Å²) in [5, 5.41) is 13.3. The van der Waals surface area contributed by atoms with Gasteiger partial charge in [0.1, 0.15) is 5.56 Å². The molecule has 0 aliphatic heterocycles. The molecular weight excluding hydrogens is 270 g/mol. The van der Waals surface area contributed by atoms with Crippen molar-refractivity contribution >= 4 is 11.6 Å². The second-order valence-corrected chi connectivity index (χ2v) is 5.07. The number of nitrogens with zero attached hydrogens (tertiary/aromatic N) is 1. The van der Waals surface area contributed by atoms with E-state index in [9.17, 15) is 23.7 Å². The third kappa shape index (κ3) is 3.09. The van der Waals surface area contributed by atoms with Gasteiger partial charge in [0.25, 0.3) is 11.6 Å². The van der Waals surface area contributed by atoms with Gasteiger partial charge in [-0.25, -0.2) is 8.78 Å². The van der Waals surface area contributed by atoms with Crippen LogP contribution in [0, 0.1) is 33.6 Å². The molecule has 20 heavy (non-hydrogen) atoms. The predicted molar refractivity (Wildman–Crippen MR) is 67.2 cm³/mol. The zero-order valence-electron chi connectivity index (χ0n) is 10.9. The van der Waals surface area contributed by atoms with Crippen LogP contribution >= 0.6 is 0 Å². The molecular formula is C13H14F2N2O3. The molecule has 1 aromatic carbocycles. The lowest BCUT2D eigenvalue weighted by molar-refractivity contribution is -0.385. The highest BCUT2D eigenvalue weighted by Gasteiger charge is 2.29. The third-order valence-electron chi connectivity index (χ3n) is 3.49. The molecule has 2 rings (SSSR count). The molecule has 1 atom stereocenters. The van der Waals surface area contributed by atoms with Gasteiger partial charge in [-0.3, -0.25) is 14.9 Å². The normalized spacial score (nSPS) is 15.8. The average molecular weight is 284 g/mol. The van der Waals surface area contributed by atoms with Gasteiger partial charge >= 0.3 is 0 Å². The highest BCUT2D eigenvalue weighted by Crippen LogP contribution is 2.36. The van der Waals surface area contributed by atoms with Crippen LogP contribution in [0.5, 0.6) is 0 Å². The highest BCUT2D eigenvalue weighted by atomic mass is 19.2. The predicted octanol–water partition coefficient (Wildman–Crippen LogP) is 2.65. The third-order valence-corrected chi connectivity index (χ3v) is 3.49. The first-order chi connectivity index (χ1) is 9.40. The van der Waals surface area contributed by atoms with E-state index in [1.165, 1.54) is 0 Å². The van der Waals surface area contributed by atoms with Gasteiger partial charge in [0.05, 0.1) is 11.0 Å². The molecule has 1 saturated carbocycles. The summed E-state index contributed by atoms with van der Waals surface area (Å²) < 4.78 is 26.1. The van der Waals surface area contributed by atoms with Crippen molar-refractivity contribution in [3.63, 3.8) is 0 Å². The Balaban J connectivity index is 2.15. The fourth-order valence-corrected chi connectivity index (χ4v) is 2.05. The minimum absolute atomic E-state index is 0.267. The molecule has 1 aliphatic rings. The van der Waals surface area contributed by atoms with Gasteiger partial charge in [-0.05, 0) is 30.7 Å². The molecule has 0 bridgehead atoms. The molecule has 1 fully saturated rings. The van der Waals surface area contributed by atoms with E-state index in [1.807, 2.05) is 6.92 Å². The molecule has 0 aromatic heterocycles. The summed E-state index contributed by atoms with van der Waals surface area (Å²) in [5.41, 5.74) is -1.20. The minimum atomic E-state index is -1.35. The first-order valence-corrected chi connectivity index (χ1v) is 6.31. The standard InChI is InChI=1S/C13H14F2N2O3/c1-7(8-2-3-8)6-16-13(18)9-4-10(14)11(15)5-12(9)17(19)20/h4-5,7-8H,2-3,6H2,1H3,(H,16,18). The van der Waals surface area contributed by atoms with Crippen LogP contribution in [0.2, 0.25) is 0 Å². The summed E-state index contributed by atoms with van der Waals surface area (Å²) in [6.45, 7) is 2.33. The second kappa shape index (κ2) is 5.52. The molecule has 0 radical (unpaired) electrons. The fraction of sp³-hybridized carbons (Fsp3) is 0.462. The first kappa shape index (κ1) is 14.4. The van der Waals surface area contributed by atoms with Crippen molar-refractivity contribution in [3.05, 3.63) is 39.4 Å². The maximum atomic E-state index is 13.1. The topological polar surface area (TPSA) is 72.2 Å². The minimum Gasteiger partial charge on any atom is -0.352 e. The number of hydrogen-bond donors (Lipinski definition) is 1. The first-order valence-electron chi connectivity index (χ1n) is 6.31. The van der Waals surface area contributed by atoms with E-state index >= 15 is 0 Å². The zero-order valence-corrected chi connectivity index (χ0v) is 10.9. The van der Waals surface area contributed by atoms with E-state index in [2.05, 4.69) is 5.32 Å². The molecule has 5 nitrogen and oxygen atoms in total. The Morgan fingerprint density at radius 1 is 1.45 bits per heavy atom. The maximum absolute atomic E-state index is 13.1. The van der Waals surface area contributed by atoms with Crippen LogP contribution in [0.1, 0.15) is 30.1 Å². The summed E-state index contributed by atoms with van der Waals surface area (Å²) in [6.07, 6.45) is 2.23. The van der Waals surface area contributed by atoms with E-state index in [-0.39, 0.29) is 5.92 Å². The van der Waals surface area contributed by atoms with E-state index < -0.39 is 33.7 Å². The largest absolute Gasteiger partial charge is 0.352 e. The Morgan fingerprint density at radius 3 is 2.60 bits per heavy atom. The quantitative estimate of drug-likeness (QED) is 0.667. The van der Waals surface area contributed by atoms with Crippen LogP contribution in [-0.2, 0) is 0 Å². The van der Waals surface area contributed by atoms with Crippen molar-refractivity contribution in [1.82, 2.24) is 5.32 Å². The van der Waals surface area contributed by atoms with Crippen molar-refractivity contribution in [2.24, 2.45) is 11.8 Å². The highest BCUT2D eigenvalue weighted by molar-refractivity contribution is 5.98. The van der Waals surface area contributed by atoms with E-state index in [4.69, 9.17) is 0 Å². The average Bonchev–Trinajstić information content (AvgIpc) is 3.22. The molecule has 0 saturated heterocycles. The summed E-state index contributed by atoms with van der Waals surface area (Å²) in [6, 6.07) is 0.985. The Kier molecular flexibility index (Phi) is 3.96. The number of carbonyl (C=O) groups is 1. The number of amides is 1. The van der Waals surface area contributed by atoms with Gasteiger partial charge in [0.15, 0.2) is 11.6 Å². The lowest BCUT2D eigenvalue weighted by Gasteiger charge is -2.11. The van der Waals surface area contributed by atoms with Crippen molar-refractivity contribution < 1.29 is 18.5 Å². The Hall–Kier alpha value is -2.05. The number of rotatable bonds is 5. The van der Waals surface area contributed by atoms with Crippen molar-refractivity contribution in [2.45, 2.75) is 19.8 Å². The van der Waals surface area contributed by atoms with Crippen LogP contribution in [-0.4, -0.2) is 17.4 Å². The van der Waals surface area contributed by atoms with Crippen molar-refractivity contribution in [3.8, 4) is 0 Å². The van der Waals surface area contributed by atoms with Gasteiger partial charge in [-0.15, -0.1) is 0 Å². The number of carbonyl (C=O) groups excluding carboxylic acids is 1. The van der Waals surface area contributed by atoms with E-state index in [0.29, 0.717) is 24.6 Å². The van der Waals surface area contributed by atoms with E-state index in [0.717, 1.165) is 12.8 Å². The molecule has 0 heterocycles. The number of nitro groups is 1. The second-order valence-electron chi connectivity index (χ2n) is 5.07. The smallest absolute Gasteiger partial charge is 0.285 e. The van der Waals surface area contributed by atoms with Gasteiger partial charge in [0, 0.05) is 6.54 Å². The van der Waals surface area contributed by atoms with Crippen molar-refractivity contribution in [2.75, 3.05) is 6.54 Å².